The smallest absolute Gasteiger partial charge is 0.340 e. The molecule has 0 bridgehead atoms. The molecule has 0 aliphatic carbocycles. The van der Waals surface area contributed by atoms with Crippen LogP contribution in [0.15, 0.2) is 29.4 Å². The number of aryl methyl sites for hydroxylation is 1. The third-order valence-electron chi connectivity index (χ3n) is 2.70. The van der Waals surface area contributed by atoms with Crippen LogP contribution in [0.3, 0.4) is 0 Å². The van der Waals surface area contributed by atoms with Crippen LogP contribution in [-0.4, -0.2) is 41.7 Å². The number of H-pyrrole nitrogens is 1. The van der Waals surface area contributed by atoms with Crippen molar-refractivity contribution in [2.45, 2.75) is 11.9 Å². The fraction of sp³-hybridized carbons (Fsp3) is 0.182. The summed E-state index contributed by atoms with van der Waals surface area (Å²) in [6.07, 6.45) is 1.44. The van der Waals surface area contributed by atoms with Gasteiger partial charge in [-0.1, -0.05) is 6.07 Å². The molecule has 2 aromatic heterocycles. The molecular weight excluding hydrogens is 284 g/mol. The van der Waals surface area contributed by atoms with Gasteiger partial charge in [-0.3, -0.25) is 9.40 Å². The highest BCUT2D eigenvalue weighted by atomic mass is 32.2. The summed E-state index contributed by atoms with van der Waals surface area (Å²) in [4.78, 5) is 15.1. The number of rotatable bonds is 4. The van der Waals surface area contributed by atoms with Crippen LogP contribution in [0.5, 0.6) is 0 Å². The molecule has 0 aromatic carbocycles. The largest absolute Gasteiger partial charge is 0.478 e. The highest BCUT2D eigenvalue weighted by Crippen LogP contribution is 2.22. The number of aromatic amines is 1. The SMILES string of the molecule is Cc1[nH]nc(S(=O)(=O)N(C)c2ccccn2)c1C(=O)O. The maximum absolute atomic E-state index is 12.4. The number of hydrogen-bond donors (Lipinski definition) is 2. The Hall–Kier alpha value is -2.42. The van der Waals surface area contributed by atoms with Crippen LogP contribution >= 0.6 is 0 Å². The zero-order valence-corrected chi connectivity index (χ0v) is 11.5. The van der Waals surface area contributed by atoms with E-state index in [9.17, 15) is 13.2 Å². The predicted molar refractivity (Wildman–Crippen MR) is 70.1 cm³/mol. The highest BCUT2D eigenvalue weighted by molar-refractivity contribution is 7.92. The van der Waals surface area contributed by atoms with Gasteiger partial charge in [0.15, 0.2) is 0 Å². The van der Waals surface area contributed by atoms with E-state index >= 15 is 0 Å². The maximum atomic E-state index is 12.4. The average molecular weight is 296 g/mol. The van der Waals surface area contributed by atoms with Gasteiger partial charge >= 0.3 is 5.97 Å². The number of nitrogens with one attached hydrogen (secondary N) is 1. The number of carboxylic acids is 1. The molecule has 0 atom stereocenters. The van der Waals surface area contributed by atoms with Gasteiger partial charge < -0.3 is 5.11 Å². The summed E-state index contributed by atoms with van der Waals surface area (Å²) in [5.74, 6) is -1.19. The Labute approximate surface area is 115 Å². The Morgan fingerprint density at radius 3 is 2.65 bits per heavy atom. The Balaban J connectivity index is 2.54. The Kier molecular flexibility index (Phi) is 3.45. The summed E-state index contributed by atoms with van der Waals surface area (Å²) in [7, 11) is -2.81. The summed E-state index contributed by atoms with van der Waals surface area (Å²) in [5.41, 5.74) is -0.196. The molecule has 2 aromatic rings. The predicted octanol–water partition coefficient (Wildman–Crippen LogP) is 0.636. The molecule has 0 radical (unpaired) electrons. The first-order valence-electron chi connectivity index (χ1n) is 5.54. The zero-order valence-electron chi connectivity index (χ0n) is 10.7. The highest BCUT2D eigenvalue weighted by Gasteiger charge is 2.32. The topological polar surface area (TPSA) is 116 Å². The molecule has 9 heteroatoms. The molecule has 8 nitrogen and oxygen atoms in total. The van der Waals surface area contributed by atoms with Gasteiger partial charge in [0.2, 0.25) is 5.03 Å². The van der Waals surface area contributed by atoms with Crippen LogP contribution in [-0.2, 0) is 10.0 Å². The van der Waals surface area contributed by atoms with Crippen LogP contribution < -0.4 is 4.31 Å². The van der Waals surface area contributed by atoms with Gasteiger partial charge in [-0.25, -0.2) is 9.78 Å². The van der Waals surface area contributed by atoms with E-state index in [1.165, 1.54) is 26.2 Å². The molecule has 0 saturated carbocycles. The van der Waals surface area contributed by atoms with Crippen LogP contribution in [0.1, 0.15) is 16.1 Å². The maximum Gasteiger partial charge on any atom is 0.340 e. The molecule has 0 fully saturated rings. The van der Waals surface area contributed by atoms with Crippen molar-refractivity contribution < 1.29 is 18.3 Å². The first-order valence-corrected chi connectivity index (χ1v) is 6.98. The Morgan fingerprint density at radius 2 is 2.10 bits per heavy atom. The lowest BCUT2D eigenvalue weighted by molar-refractivity contribution is 0.0692. The fourth-order valence-electron chi connectivity index (χ4n) is 1.64. The molecule has 2 heterocycles. The van der Waals surface area contributed by atoms with Crippen molar-refractivity contribution in [3.05, 3.63) is 35.7 Å². The minimum atomic E-state index is -4.10. The van der Waals surface area contributed by atoms with E-state index in [-0.39, 0.29) is 17.1 Å². The van der Waals surface area contributed by atoms with Gasteiger partial charge in [-0.15, -0.1) is 0 Å². The number of pyridine rings is 1. The van der Waals surface area contributed by atoms with E-state index in [1.807, 2.05) is 0 Å². The number of sulfonamides is 1. The molecule has 0 saturated heterocycles. The fourth-order valence-corrected chi connectivity index (χ4v) is 2.91. The Morgan fingerprint density at radius 1 is 1.40 bits per heavy atom. The van der Waals surface area contributed by atoms with Crippen molar-refractivity contribution in [1.82, 2.24) is 15.2 Å². The number of nitrogens with zero attached hydrogens (tertiary/aromatic N) is 3. The lowest BCUT2D eigenvalue weighted by Gasteiger charge is -2.16. The van der Waals surface area contributed by atoms with Crippen molar-refractivity contribution in [2.75, 3.05) is 11.4 Å². The Bertz CT molecular complexity index is 739. The molecular formula is C11H12N4O4S. The van der Waals surface area contributed by atoms with Crippen LogP contribution in [0.2, 0.25) is 0 Å². The summed E-state index contributed by atoms with van der Waals surface area (Å²) < 4.78 is 25.7. The van der Waals surface area contributed by atoms with Gasteiger partial charge in [0, 0.05) is 18.9 Å². The van der Waals surface area contributed by atoms with Crippen molar-refractivity contribution in [1.29, 1.82) is 0 Å². The summed E-state index contributed by atoms with van der Waals surface area (Å²) in [6.45, 7) is 1.44. The lowest BCUT2D eigenvalue weighted by atomic mass is 10.3. The number of carbonyl (C=O) groups is 1. The quantitative estimate of drug-likeness (QED) is 0.855. The zero-order chi connectivity index (χ0) is 14.9. The first kappa shape index (κ1) is 14.0. The van der Waals surface area contributed by atoms with E-state index in [2.05, 4.69) is 15.2 Å². The monoisotopic (exact) mass is 296 g/mol. The lowest BCUT2D eigenvalue weighted by Crippen LogP contribution is -2.29. The number of anilines is 1. The van der Waals surface area contributed by atoms with E-state index in [0.29, 0.717) is 0 Å². The molecule has 0 unspecified atom stereocenters. The second-order valence-corrected chi connectivity index (χ2v) is 5.88. The molecule has 20 heavy (non-hydrogen) atoms. The number of carboxylic acid groups (broad SMARTS) is 1. The molecule has 106 valence electrons. The van der Waals surface area contributed by atoms with Gasteiger partial charge in [0.05, 0.1) is 0 Å². The average Bonchev–Trinajstić information content (AvgIpc) is 2.81. The van der Waals surface area contributed by atoms with Crippen LogP contribution in [0, 0.1) is 6.92 Å². The summed E-state index contributed by atoms with van der Waals surface area (Å²) in [6, 6.07) is 4.77. The van der Waals surface area contributed by atoms with Crippen molar-refractivity contribution in [3.63, 3.8) is 0 Å². The third kappa shape index (κ3) is 2.23. The number of aromatic nitrogens is 3. The van der Waals surface area contributed by atoms with Gasteiger partial charge in [0.1, 0.15) is 11.4 Å². The molecule has 2 N–H and O–H groups in total. The number of hydrogen-bond acceptors (Lipinski definition) is 5. The molecule has 0 aliphatic rings. The van der Waals surface area contributed by atoms with Crippen LogP contribution in [0.25, 0.3) is 0 Å². The standard InChI is InChI=1S/C11H12N4O4S/c1-7-9(11(16)17)10(14-13-7)20(18,19)15(2)8-5-3-4-6-12-8/h3-6H,1-2H3,(H,13,14)(H,16,17). The second-order valence-electron chi connectivity index (χ2n) is 3.99. The molecule has 0 aliphatic heterocycles. The summed E-state index contributed by atoms with van der Waals surface area (Å²) >= 11 is 0. The van der Waals surface area contributed by atoms with Gasteiger partial charge in [-0.2, -0.15) is 13.5 Å². The van der Waals surface area contributed by atoms with E-state index < -0.39 is 21.0 Å². The number of aromatic carboxylic acids is 1. The van der Waals surface area contributed by atoms with Crippen molar-refractivity contribution in [3.8, 4) is 0 Å². The van der Waals surface area contributed by atoms with E-state index in [4.69, 9.17) is 5.11 Å². The first-order chi connectivity index (χ1) is 9.35. The van der Waals surface area contributed by atoms with Gasteiger partial charge in [0.25, 0.3) is 10.0 Å². The van der Waals surface area contributed by atoms with Crippen molar-refractivity contribution in [2.24, 2.45) is 0 Å². The third-order valence-corrected chi connectivity index (χ3v) is 4.40. The van der Waals surface area contributed by atoms with Gasteiger partial charge in [-0.05, 0) is 19.1 Å². The normalized spacial score (nSPS) is 11.3. The van der Waals surface area contributed by atoms with E-state index in [0.717, 1.165) is 4.31 Å². The van der Waals surface area contributed by atoms with E-state index in [1.54, 1.807) is 12.1 Å². The minimum Gasteiger partial charge on any atom is -0.478 e. The molecule has 2 rings (SSSR count). The molecule has 0 spiro atoms. The summed E-state index contributed by atoms with van der Waals surface area (Å²) in [5, 5.41) is 14.5. The molecule has 0 amide bonds. The van der Waals surface area contributed by atoms with Crippen LogP contribution in [0.4, 0.5) is 5.82 Å². The van der Waals surface area contributed by atoms with Crippen molar-refractivity contribution >= 4 is 21.8 Å². The second kappa shape index (κ2) is 4.93. The minimum absolute atomic E-state index is 0.171.